The van der Waals surface area contributed by atoms with E-state index >= 15 is 0 Å². The van der Waals surface area contributed by atoms with Crippen molar-refractivity contribution in [3.05, 3.63) is 47.7 Å². The van der Waals surface area contributed by atoms with Crippen LogP contribution in [0.3, 0.4) is 0 Å². The minimum Gasteiger partial charge on any atom is -0.488 e. The third kappa shape index (κ3) is 5.23. The van der Waals surface area contributed by atoms with E-state index in [1.165, 1.54) is 11.1 Å². The molecule has 0 bridgehead atoms. The standard InChI is InChI=1S/C24H27F2N3O4/c1-23(2,3)33-22(31)16-4-6-18(7-5-16)29-12-13-32-19-14-17(15-27-20(19)29)21(30)28-10-8-24(25,26)9-11-28/h4-7,14-15H,8-13H2,1-3H3. The maximum absolute atomic E-state index is 13.4. The number of likely N-dealkylation sites (tertiary alicyclic amines) is 1. The first-order chi connectivity index (χ1) is 15.5. The Kier molecular flexibility index (Phi) is 5.99. The van der Waals surface area contributed by atoms with Crippen molar-refractivity contribution < 1.29 is 27.8 Å². The Morgan fingerprint density at radius 2 is 1.73 bits per heavy atom. The number of rotatable bonds is 3. The molecule has 0 saturated carbocycles. The Hall–Kier alpha value is -3.23. The number of hydrogen-bond acceptors (Lipinski definition) is 6. The highest BCUT2D eigenvalue weighted by Crippen LogP contribution is 2.36. The molecule has 2 aliphatic rings. The molecule has 1 saturated heterocycles. The zero-order valence-corrected chi connectivity index (χ0v) is 18.9. The molecular weight excluding hydrogens is 432 g/mol. The lowest BCUT2D eigenvalue weighted by molar-refractivity contribution is -0.0494. The van der Waals surface area contributed by atoms with Crippen LogP contribution < -0.4 is 9.64 Å². The molecule has 4 rings (SSSR count). The molecule has 1 aromatic carbocycles. The molecule has 33 heavy (non-hydrogen) atoms. The maximum atomic E-state index is 13.4. The van der Waals surface area contributed by atoms with Gasteiger partial charge >= 0.3 is 5.97 Å². The highest BCUT2D eigenvalue weighted by atomic mass is 19.3. The van der Waals surface area contributed by atoms with E-state index in [4.69, 9.17) is 9.47 Å². The number of amides is 1. The van der Waals surface area contributed by atoms with E-state index in [1.54, 1.807) is 18.2 Å². The second kappa shape index (κ2) is 8.61. The number of piperidine rings is 1. The number of hydrogen-bond donors (Lipinski definition) is 0. The van der Waals surface area contributed by atoms with Gasteiger partial charge in [-0.1, -0.05) is 0 Å². The van der Waals surface area contributed by atoms with Crippen LogP contribution in [0.5, 0.6) is 5.75 Å². The molecule has 2 aliphatic heterocycles. The number of ether oxygens (including phenoxy) is 2. The second-order valence-corrected chi connectivity index (χ2v) is 9.24. The topological polar surface area (TPSA) is 72.0 Å². The van der Waals surface area contributed by atoms with E-state index in [0.29, 0.717) is 35.8 Å². The monoisotopic (exact) mass is 459 g/mol. The molecule has 0 N–H and O–H groups in total. The van der Waals surface area contributed by atoms with E-state index in [1.807, 2.05) is 37.8 Å². The first-order valence-corrected chi connectivity index (χ1v) is 10.9. The minimum atomic E-state index is -2.71. The third-order valence-corrected chi connectivity index (χ3v) is 5.50. The first kappa shape index (κ1) is 22.9. The number of nitrogens with zero attached hydrogens (tertiary/aromatic N) is 3. The van der Waals surface area contributed by atoms with Crippen molar-refractivity contribution in [1.82, 2.24) is 9.88 Å². The Morgan fingerprint density at radius 3 is 2.36 bits per heavy atom. The maximum Gasteiger partial charge on any atom is 0.338 e. The van der Waals surface area contributed by atoms with Gasteiger partial charge in [0, 0.05) is 37.8 Å². The summed E-state index contributed by atoms with van der Waals surface area (Å²) in [6.07, 6.45) is 0.784. The number of anilines is 2. The molecule has 0 atom stereocenters. The molecule has 9 heteroatoms. The van der Waals surface area contributed by atoms with Gasteiger partial charge < -0.3 is 19.3 Å². The lowest BCUT2D eigenvalue weighted by Crippen LogP contribution is -2.42. The van der Waals surface area contributed by atoms with Crippen molar-refractivity contribution in [3.63, 3.8) is 0 Å². The number of halogens is 2. The predicted octanol–water partition coefficient (Wildman–Crippen LogP) is 4.44. The van der Waals surface area contributed by atoms with Crippen LogP contribution >= 0.6 is 0 Å². The summed E-state index contributed by atoms with van der Waals surface area (Å²) < 4.78 is 38.0. The molecule has 1 fully saturated rings. The summed E-state index contributed by atoms with van der Waals surface area (Å²) in [5, 5.41) is 0. The van der Waals surface area contributed by atoms with Crippen LogP contribution in [0.1, 0.15) is 54.3 Å². The summed E-state index contributed by atoms with van der Waals surface area (Å²) in [6.45, 7) is 6.40. The summed E-state index contributed by atoms with van der Waals surface area (Å²) >= 11 is 0. The SMILES string of the molecule is CC(C)(C)OC(=O)c1ccc(N2CCOc3cc(C(=O)N4CCC(F)(F)CC4)cnc32)cc1. The number of carbonyl (C=O) groups is 2. The van der Waals surface area contributed by atoms with Crippen LogP contribution in [0.25, 0.3) is 0 Å². The number of fused-ring (bicyclic) bond motifs is 1. The normalized spacial score (nSPS) is 17.7. The van der Waals surface area contributed by atoms with Crippen LogP contribution in [-0.4, -0.2) is 59.5 Å². The average Bonchev–Trinajstić information content (AvgIpc) is 2.77. The van der Waals surface area contributed by atoms with Gasteiger partial charge in [0.1, 0.15) is 12.2 Å². The summed E-state index contributed by atoms with van der Waals surface area (Å²) in [6, 6.07) is 8.62. The zero-order valence-electron chi connectivity index (χ0n) is 18.9. The van der Waals surface area contributed by atoms with Crippen molar-refractivity contribution in [2.45, 2.75) is 45.1 Å². The second-order valence-electron chi connectivity index (χ2n) is 9.24. The predicted molar refractivity (Wildman–Crippen MR) is 118 cm³/mol. The molecule has 0 aliphatic carbocycles. The van der Waals surface area contributed by atoms with Crippen molar-refractivity contribution in [2.75, 3.05) is 31.1 Å². The number of pyridine rings is 1. The van der Waals surface area contributed by atoms with E-state index in [0.717, 1.165) is 5.69 Å². The van der Waals surface area contributed by atoms with Crippen LogP contribution in [0.15, 0.2) is 36.5 Å². The molecule has 7 nitrogen and oxygen atoms in total. The van der Waals surface area contributed by atoms with Gasteiger partial charge in [-0.3, -0.25) is 4.79 Å². The Morgan fingerprint density at radius 1 is 1.06 bits per heavy atom. The van der Waals surface area contributed by atoms with Crippen molar-refractivity contribution in [3.8, 4) is 5.75 Å². The number of alkyl halides is 2. The highest BCUT2D eigenvalue weighted by molar-refractivity contribution is 5.95. The van der Waals surface area contributed by atoms with Crippen LogP contribution in [0.4, 0.5) is 20.3 Å². The van der Waals surface area contributed by atoms with Gasteiger partial charge in [-0.2, -0.15) is 0 Å². The van der Waals surface area contributed by atoms with E-state index in [9.17, 15) is 18.4 Å². The molecule has 1 aromatic heterocycles. The fourth-order valence-corrected chi connectivity index (χ4v) is 3.80. The number of aromatic nitrogens is 1. The Bertz CT molecular complexity index is 1040. The lowest BCUT2D eigenvalue weighted by Gasteiger charge is -2.33. The molecule has 2 aromatic rings. The first-order valence-electron chi connectivity index (χ1n) is 10.9. The van der Waals surface area contributed by atoms with Crippen molar-refractivity contribution >= 4 is 23.4 Å². The third-order valence-electron chi connectivity index (χ3n) is 5.50. The number of carbonyl (C=O) groups excluding carboxylic acids is 2. The molecule has 1 amide bonds. The van der Waals surface area contributed by atoms with Crippen LogP contribution in [0, 0.1) is 0 Å². The lowest BCUT2D eigenvalue weighted by atomic mass is 10.1. The molecule has 0 radical (unpaired) electrons. The van der Waals surface area contributed by atoms with Gasteiger partial charge in [0.2, 0.25) is 0 Å². The number of esters is 1. The van der Waals surface area contributed by atoms with Gasteiger partial charge in [-0.25, -0.2) is 18.6 Å². The molecule has 0 unspecified atom stereocenters. The Balaban J connectivity index is 1.50. The van der Waals surface area contributed by atoms with Gasteiger partial charge in [-0.05, 0) is 51.1 Å². The molecule has 3 heterocycles. The molecule has 176 valence electrons. The summed E-state index contributed by atoms with van der Waals surface area (Å²) in [7, 11) is 0. The van der Waals surface area contributed by atoms with Gasteiger partial charge in [0.15, 0.2) is 11.6 Å². The van der Waals surface area contributed by atoms with Gasteiger partial charge in [-0.15, -0.1) is 0 Å². The fraction of sp³-hybridized carbons (Fsp3) is 0.458. The van der Waals surface area contributed by atoms with Crippen LogP contribution in [0.2, 0.25) is 0 Å². The van der Waals surface area contributed by atoms with Gasteiger partial charge in [0.25, 0.3) is 11.8 Å². The van der Waals surface area contributed by atoms with E-state index in [2.05, 4.69) is 4.98 Å². The Labute approximate surface area is 191 Å². The quantitative estimate of drug-likeness (QED) is 0.632. The number of benzene rings is 1. The summed E-state index contributed by atoms with van der Waals surface area (Å²) in [5.41, 5.74) is 0.994. The van der Waals surface area contributed by atoms with Gasteiger partial charge in [0.05, 0.1) is 17.7 Å². The van der Waals surface area contributed by atoms with E-state index in [-0.39, 0.29) is 31.8 Å². The van der Waals surface area contributed by atoms with E-state index < -0.39 is 17.5 Å². The van der Waals surface area contributed by atoms with Crippen molar-refractivity contribution in [1.29, 1.82) is 0 Å². The highest BCUT2D eigenvalue weighted by Gasteiger charge is 2.36. The average molecular weight is 459 g/mol. The molecular formula is C24H27F2N3O4. The minimum absolute atomic E-state index is 0.0138. The van der Waals surface area contributed by atoms with Crippen LogP contribution in [-0.2, 0) is 4.74 Å². The smallest absolute Gasteiger partial charge is 0.338 e. The summed E-state index contributed by atoms with van der Waals surface area (Å²) in [4.78, 5) is 32.9. The fourth-order valence-electron chi connectivity index (χ4n) is 3.80. The largest absolute Gasteiger partial charge is 0.488 e. The molecule has 0 spiro atoms. The summed E-state index contributed by atoms with van der Waals surface area (Å²) in [5.74, 6) is -2.44. The zero-order chi connectivity index (χ0) is 23.8. The van der Waals surface area contributed by atoms with Crippen molar-refractivity contribution in [2.24, 2.45) is 0 Å².